The van der Waals surface area contributed by atoms with E-state index in [-0.39, 0.29) is 5.91 Å². The number of benzene rings is 1. The highest BCUT2D eigenvalue weighted by Gasteiger charge is 2.02. The molecule has 0 fully saturated rings. The topological polar surface area (TPSA) is 47.6 Å². The highest BCUT2D eigenvalue weighted by Crippen LogP contribution is 2.24. The number of halogens is 1. The van der Waals surface area contributed by atoms with E-state index < -0.39 is 0 Å². The Bertz CT molecular complexity index is 418. The Balaban J connectivity index is 2.67. The van der Waals surface area contributed by atoms with Crippen LogP contribution in [0.2, 0.25) is 0 Å². The van der Waals surface area contributed by atoms with E-state index in [0.29, 0.717) is 18.0 Å². The van der Waals surface area contributed by atoms with Gasteiger partial charge in [-0.1, -0.05) is 15.9 Å². The molecule has 0 radical (unpaired) electrons. The number of carbonyl (C=O) groups is 1. The van der Waals surface area contributed by atoms with E-state index in [1.165, 1.54) is 12.3 Å². The summed E-state index contributed by atoms with van der Waals surface area (Å²) in [5.74, 6) is 0.419. The smallest absolute Gasteiger partial charge is 0.251 e. The van der Waals surface area contributed by atoms with Gasteiger partial charge < -0.3 is 14.8 Å². The molecule has 0 aliphatic carbocycles. The quantitative estimate of drug-likeness (QED) is 0.672. The first-order chi connectivity index (χ1) is 8.15. The average Bonchev–Trinajstić information content (AvgIpc) is 2.28. The normalized spacial score (nSPS) is 10.3. The minimum Gasteiger partial charge on any atom is -0.501 e. The molecule has 4 nitrogen and oxygen atoms in total. The van der Waals surface area contributed by atoms with Gasteiger partial charge in [-0.2, -0.15) is 0 Å². The van der Waals surface area contributed by atoms with Gasteiger partial charge in [0.15, 0.2) is 0 Å². The molecule has 0 bridgehead atoms. The van der Waals surface area contributed by atoms with Gasteiger partial charge >= 0.3 is 0 Å². The van der Waals surface area contributed by atoms with Crippen LogP contribution in [0.4, 0.5) is 5.69 Å². The molecule has 0 aliphatic heterocycles. The van der Waals surface area contributed by atoms with E-state index in [9.17, 15) is 4.79 Å². The zero-order valence-electron chi connectivity index (χ0n) is 9.70. The van der Waals surface area contributed by atoms with Gasteiger partial charge in [-0.25, -0.2) is 0 Å². The van der Waals surface area contributed by atoms with Gasteiger partial charge in [0.05, 0.1) is 20.0 Å². The molecule has 1 aromatic carbocycles. The predicted molar refractivity (Wildman–Crippen MR) is 70.1 cm³/mol. The first-order valence-electron chi connectivity index (χ1n) is 5.09. The van der Waals surface area contributed by atoms with Crippen molar-refractivity contribution < 1.29 is 14.3 Å². The van der Waals surface area contributed by atoms with Crippen molar-refractivity contribution in [2.24, 2.45) is 0 Å². The number of hydrogen-bond acceptors (Lipinski definition) is 3. The third kappa shape index (κ3) is 4.91. The van der Waals surface area contributed by atoms with Gasteiger partial charge in [0.25, 0.3) is 5.91 Å². The minimum absolute atomic E-state index is 0.251. The molecule has 5 heteroatoms. The number of nitrogens with one attached hydrogen (secondary N) is 1. The van der Waals surface area contributed by atoms with Crippen LogP contribution >= 0.6 is 15.9 Å². The molecule has 1 aromatic rings. The molecule has 0 atom stereocenters. The van der Waals surface area contributed by atoms with E-state index in [0.717, 1.165) is 4.47 Å². The molecule has 0 saturated heterocycles. The van der Waals surface area contributed by atoms with Crippen molar-refractivity contribution >= 4 is 27.5 Å². The average molecular weight is 300 g/mol. The maximum Gasteiger partial charge on any atom is 0.251 e. The summed E-state index contributed by atoms with van der Waals surface area (Å²) in [5.41, 5.74) is 0.655. The molecule has 0 aliphatic rings. The van der Waals surface area contributed by atoms with E-state index >= 15 is 0 Å². The first kappa shape index (κ1) is 13.6. The second-order valence-electron chi connectivity index (χ2n) is 3.13. The monoisotopic (exact) mass is 299 g/mol. The van der Waals surface area contributed by atoms with E-state index in [1.54, 1.807) is 19.2 Å². The number of amides is 1. The summed E-state index contributed by atoms with van der Waals surface area (Å²) in [4.78, 5) is 11.5. The molecule has 92 valence electrons. The Kier molecular flexibility index (Phi) is 5.56. The molecule has 0 saturated carbocycles. The van der Waals surface area contributed by atoms with Crippen LogP contribution in [0.1, 0.15) is 6.92 Å². The summed E-state index contributed by atoms with van der Waals surface area (Å²) in [6, 6.07) is 5.33. The molecule has 1 N–H and O–H groups in total. The maximum absolute atomic E-state index is 11.5. The summed E-state index contributed by atoms with van der Waals surface area (Å²) >= 11 is 3.33. The Morgan fingerprint density at radius 2 is 2.24 bits per heavy atom. The molecule has 0 heterocycles. The lowest BCUT2D eigenvalue weighted by Gasteiger charge is -2.06. The fourth-order valence-corrected chi connectivity index (χ4v) is 1.62. The molecular weight excluding hydrogens is 286 g/mol. The Morgan fingerprint density at radius 1 is 1.47 bits per heavy atom. The molecular formula is C12H14BrNO3. The SMILES string of the molecule is CCOC=CC(=O)Nc1cc(Br)cc(OC)c1. The second-order valence-corrected chi connectivity index (χ2v) is 4.04. The Hall–Kier alpha value is -1.49. The van der Waals surface area contributed by atoms with Crippen molar-refractivity contribution in [2.45, 2.75) is 6.92 Å². The van der Waals surface area contributed by atoms with Crippen molar-refractivity contribution in [3.8, 4) is 5.75 Å². The summed E-state index contributed by atoms with van der Waals surface area (Å²) in [7, 11) is 1.57. The lowest BCUT2D eigenvalue weighted by molar-refractivity contribution is -0.112. The fraction of sp³-hybridized carbons (Fsp3) is 0.250. The number of hydrogen-bond donors (Lipinski definition) is 1. The molecule has 0 spiro atoms. The van der Waals surface area contributed by atoms with E-state index in [4.69, 9.17) is 9.47 Å². The van der Waals surface area contributed by atoms with Crippen LogP contribution in [0.5, 0.6) is 5.75 Å². The van der Waals surface area contributed by atoms with Crippen LogP contribution in [-0.4, -0.2) is 19.6 Å². The van der Waals surface area contributed by atoms with Crippen LogP contribution in [0.3, 0.4) is 0 Å². The van der Waals surface area contributed by atoms with Crippen molar-refractivity contribution in [3.05, 3.63) is 35.0 Å². The van der Waals surface area contributed by atoms with E-state index in [1.807, 2.05) is 13.0 Å². The fourth-order valence-electron chi connectivity index (χ4n) is 1.14. The standard InChI is InChI=1S/C12H14BrNO3/c1-3-17-5-4-12(15)14-10-6-9(13)7-11(8-10)16-2/h4-8H,3H2,1-2H3,(H,14,15). The lowest BCUT2D eigenvalue weighted by Crippen LogP contribution is -2.08. The number of methoxy groups -OCH3 is 1. The molecule has 0 unspecified atom stereocenters. The van der Waals surface area contributed by atoms with Crippen molar-refractivity contribution in [2.75, 3.05) is 19.0 Å². The van der Waals surface area contributed by atoms with Crippen LogP contribution in [0.15, 0.2) is 35.0 Å². The number of carbonyl (C=O) groups excluding carboxylic acids is 1. The highest BCUT2D eigenvalue weighted by molar-refractivity contribution is 9.10. The van der Waals surface area contributed by atoms with Crippen molar-refractivity contribution in [3.63, 3.8) is 0 Å². The van der Waals surface area contributed by atoms with Crippen LogP contribution in [0, 0.1) is 0 Å². The van der Waals surface area contributed by atoms with E-state index in [2.05, 4.69) is 21.2 Å². The lowest BCUT2D eigenvalue weighted by atomic mass is 10.3. The maximum atomic E-state index is 11.5. The summed E-state index contributed by atoms with van der Waals surface area (Å²) < 4.78 is 10.9. The largest absolute Gasteiger partial charge is 0.501 e. The van der Waals surface area contributed by atoms with Gasteiger partial charge in [-0.3, -0.25) is 4.79 Å². The minimum atomic E-state index is -0.251. The van der Waals surface area contributed by atoms with Crippen molar-refractivity contribution in [1.29, 1.82) is 0 Å². The van der Waals surface area contributed by atoms with Crippen molar-refractivity contribution in [1.82, 2.24) is 0 Å². The first-order valence-corrected chi connectivity index (χ1v) is 5.88. The molecule has 0 aromatic heterocycles. The molecule has 17 heavy (non-hydrogen) atoms. The second kappa shape index (κ2) is 6.96. The number of anilines is 1. The molecule has 1 amide bonds. The third-order valence-corrected chi connectivity index (χ3v) is 2.31. The van der Waals surface area contributed by atoms with Crippen LogP contribution in [0.25, 0.3) is 0 Å². The Labute approximate surface area is 109 Å². The molecule has 1 rings (SSSR count). The highest BCUT2D eigenvalue weighted by atomic mass is 79.9. The zero-order chi connectivity index (χ0) is 12.7. The summed E-state index contributed by atoms with van der Waals surface area (Å²) in [5, 5.41) is 2.70. The summed E-state index contributed by atoms with van der Waals surface area (Å²) in [6.07, 6.45) is 2.70. The Morgan fingerprint density at radius 3 is 2.88 bits per heavy atom. The zero-order valence-corrected chi connectivity index (χ0v) is 11.3. The number of ether oxygens (including phenoxy) is 2. The van der Waals surface area contributed by atoms with Gasteiger partial charge in [0, 0.05) is 22.3 Å². The third-order valence-electron chi connectivity index (χ3n) is 1.86. The summed E-state index contributed by atoms with van der Waals surface area (Å²) in [6.45, 7) is 2.38. The van der Waals surface area contributed by atoms with Gasteiger partial charge in [-0.15, -0.1) is 0 Å². The number of rotatable bonds is 5. The van der Waals surface area contributed by atoms with Gasteiger partial charge in [-0.05, 0) is 19.1 Å². The van der Waals surface area contributed by atoms with Crippen LogP contribution < -0.4 is 10.1 Å². The van der Waals surface area contributed by atoms with Gasteiger partial charge in [0.2, 0.25) is 0 Å². The van der Waals surface area contributed by atoms with Crippen LogP contribution in [-0.2, 0) is 9.53 Å². The van der Waals surface area contributed by atoms with Gasteiger partial charge in [0.1, 0.15) is 5.75 Å². The predicted octanol–water partition coefficient (Wildman–Crippen LogP) is 2.95.